The number of carboxylic acids is 2. The van der Waals surface area contributed by atoms with Crippen molar-refractivity contribution in [3.63, 3.8) is 0 Å². The molecule has 0 aromatic carbocycles. The number of hydrogen-bond donors (Lipinski definition) is 4. The van der Waals surface area contributed by atoms with Gasteiger partial charge < -0.3 is 24.7 Å². The van der Waals surface area contributed by atoms with Crippen LogP contribution in [0.5, 0.6) is 0 Å². The molecule has 2 atom stereocenters. The van der Waals surface area contributed by atoms with Crippen LogP contribution < -0.4 is 110 Å². The molecule has 0 radical (unpaired) electrons. The van der Waals surface area contributed by atoms with Crippen LogP contribution in [0.25, 0.3) is 0 Å². The predicted octanol–water partition coefficient (Wildman–Crippen LogP) is -10.8. The first-order valence-corrected chi connectivity index (χ1v) is 2.28. The molecular formula is C4H9KNa2O6. The van der Waals surface area contributed by atoms with Crippen molar-refractivity contribution in [1.29, 1.82) is 0 Å². The Labute approximate surface area is 166 Å². The zero-order valence-electron chi connectivity index (χ0n) is 10.8. The normalized spacial score (nSPS) is 12.2. The average molecular weight is 238 g/mol. The van der Waals surface area contributed by atoms with Gasteiger partial charge in [0.25, 0.3) is 0 Å². The fraction of sp³-hybridized carbons (Fsp3) is 0.500. The fourth-order valence-corrected chi connectivity index (χ4v) is 0.270. The summed E-state index contributed by atoms with van der Waals surface area (Å²) in [6.45, 7) is 0. The number of aliphatic hydroxyl groups is 2. The number of rotatable bonds is 3. The molecule has 6 nitrogen and oxygen atoms in total. The minimum absolute atomic E-state index is 0. The van der Waals surface area contributed by atoms with Gasteiger partial charge in [-0.3, -0.25) is 0 Å². The van der Waals surface area contributed by atoms with Crippen LogP contribution in [0.4, 0.5) is 0 Å². The minimum Gasteiger partial charge on any atom is -1.00 e. The molecule has 4 N–H and O–H groups in total. The Hall–Kier alpha value is 2.50. The van der Waals surface area contributed by atoms with Crippen molar-refractivity contribution in [2.24, 2.45) is 0 Å². The van der Waals surface area contributed by atoms with E-state index in [1.807, 2.05) is 0 Å². The van der Waals surface area contributed by atoms with E-state index in [9.17, 15) is 9.59 Å². The molecule has 0 rings (SSSR count). The average Bonchev–Trinajstić information content (AvgIpc) is 1.84. The molecule has 0 aromatic heterocycles. The number of aliphatic hydroxyl groups excluding tert-OH is 2. The standard InChI is InChI=1S/C4H6O6.K.2Na.3H/c5-1(3(7)8)2(6)4(9)10;;;;;;/h1-2,5-6H,(H,7,8)(H,9,10);;;;;;/q;3*+1;3*-1. The maximum absolute atomic E-state index is 9.77. The third-order valence-electron chi connectivity index (χ3n) is 0.805. The van der Waals surface area contributed by atoms with Crippen LogP contribution in [0, 0.1) is 0 Å². The van der Waals surface area contributed by atoms with Gasteiger partial charge in [-0.15, -0.1) is 0 Å². The maximum atomic E-state index is 9.77. The summed E-state index contributed by atoms with van der Waals surface area (Å²) < 4.78 is 0. The van der Waals surface area contributed by atoms with E-state index in [0.29, 0.717) is 0 Å². The van der Waals surface area contributed by atoms with Gasteiger partial charge in [0.05, 0.1) is 0 Å². The smallest absolute Gasteiger partial charge is 1.00 e. The van der Waals surface area contributed by atoms with Crippen molar-refractivity contribution in [3.8, 4) is 0 Å². The molecular weight excluding hydrogens is 229 g/mol. The summed E-state index contributed by atoms with van der Waals surface area (Å²) in [6.07, 6.45) is -4.53. The van der Waals surface area contributed by atoms with E-state index in [4.69, 9.17) is 20.4 Å². The molecule has 0 aliphatic heterocycles. The fourth-order valence-electron chi connectivity index (χ4n) is 0.270. The molecule has 0 amide bonds. The van der Waals surface area contributed by atoms with Crippen LogP contribution in [-0.2, 0) is 9.59 Å². The van der Waals surface area contributed by atoms with Crippen molar-refractivity contribution in [2.75, 3.05) is 0 Å². The van der Waals surface area contributed by atoms with Gasteiger partial charge in [-0.1, -0.05) is 0 Å². The molecule has 64 valence electrons. The summed E-state index contributed by atoms with van der Waals surface area (Å²) >= 11 is 0. The molecule has 0 aliphatic carbocycles. The van der Waals surface area contributed by atoms with Crippen LogP contribution >= 0.6 is 0 Å². The molecule has 13 heavy (non-hydrogen) atoms. The Kier molecular flexibility index (Phi) is 23.8. The Morgan fingerprint density at radius 3 is 1.15 bits per heavy atom. The van der Waals surface area contributed by atoms with E-state index >= 15 is 0 Å². The minimum atomic E-state index is -2.27. The van der Waals surface area contributed by atoms with Gasteiger partial charge in [0, 0.05) is 0 Å². The summed E-state index contributed by atoms with van der Waals surface area (Å²) in [6, 6.07) is 0. The van der Waals surface area contributed by atoms with Crippen molar-refractivity contribution < 1.29 is 145 Å². The molecule has 0 aliphatic rings. The second-order valence-electron chi connectivity index (χ2n) is 1.57. The van der Waals surface area contributed by atoms with E-state index in [-0.39, 0.29) is 115 Å². The summed E-state index contributed by atoms with van der Waals surface area (Å²) in [5.74, 6) is -3.54. The first-order valence-electron chi connectivity index (χ1n) is 2.28. The SMILES string of the molecule is O=C(O)C(O)C(O)C(=O)O.[H-].[H-].[H-].[K+].[Na+].[Na+]. The predicted molar refractivity (Wildman–Crippen MR) is 30.6 cm³/mol. The summed E-state index contributed by atoms with van der Waals surface area (Å²) in [7, 11) is 0. The molecule has 2 unspecified atom stereocenters. The molecule has 0 fully saturated rings. The number of hydrogen-bond acceptors (Lipinski definition) is 4. The van der Waals surface area contributed by atoms with Crippen LogP contribution in [-0.4, -0.2) is 44.6 Å². The van der Waals surface area contributed by atoms with Crippen LogP contribution in [0.2, 0.25) is 0 Å². The van der Waals surface area contributed by atoms with E-state index in [1.54, 1.807) is 0 Å². The molecule has 0 saturated heterocycles. The van der Waals surface area contributed by atoms with Crippen molar-refractivity contribution in [2.45, 2.75) is 12.2 Å². The van der Waals surface area contributed by atoms with Gasteiger partial charge in [-0.25, -0.2) is 9.59 Å². The van der Waals surface area contributed by atoms with Crippen LogP contribution in [0.1, 0.15) is 4.28 Å². The summed E-state index contributed by atoms with van der Waals surface area (Å²) in [4.78, 5) is 19.5. The Balaban J connectivity index is -0.0000000270. The first-order chi connectivity index (χ1) is 4.46. The molecule has 0 aromatic rings. The van der Waals surface area contributed by atoms with E-state index in [1.165, 1.54) is 0 Å². The molecule has 0 spiro atoms. The van der Waals surface area contributed by atoms with Gasteiger partial charge in [0.2, 0.25) is 0 Å². The van der Waals surface area contributed by atoms with Gasteiger partial charge in [0.15, 0.2) is 12.2 Å². The van der Waals surface area contributed by atoms with Gasteiger partial charge in [-0.05, 0) is 0 Å². The Morgan fingerprint density at radius 1 is 0.923 bits per heavy atom. The van der Waals surface area contributed by atoms with Crippen molar-refractivity contribution >= 4 is 11.9 Å². The topological polar surface area (TPSA) is 115 Å². The largest absolute Gasteiger partial charge is 1.00 e. The quantitative estimate of drug-likeness (QED) is 0.363. The van der Waals surface area contributed by atoms with Crippen LogP contribution in [0.15, 0.2) is 0 Å². The Morgan fingerprint density at radius 2 is 1.08 bits per heavy atom. The molecule has 0 saturated carbocycles. The monoisotopic (exact) mass is 238 g/mol. The third kappa shape index (κ3) is 10.8. The van der Waals surface area contributed by atoms with Crippen molar-refractivity contribution in [1.82, 2.24) is 0 Å². The Bertz CT molecular complexity index is 158. The zero-order chi connectivity index (χ0) is 8.31. The summed E-state index contributed by atoms with van der Waals surface area (Å²) in [5, 5.41) is 32.5. The second kappa shape index (κ2) is 12.6. The van der Waals surface area contributed by atoms with Gasteiger partial charge in [0.1, 0.15) is 0 Å². The number of aliphatic carboxylic acids is 2. The summed E-state index contributed by atoms with van der Waals surface area (Å²) in [5.41, 5.74) is 0. The van der Waals surface area contributed by atoms with Crippen LogP contribution in [0.3, 0.4) is 0 Å². The van der Waals surface area contributed by atoms with Gasteiger partial charge >= 0.3 is 122 Å². The van der Waals surface area contributed by atoms with Gasteiger partial charge in [-0.2, -0.15) is 0 Å². The molecule has 0 heterocycles. The van der Waals surface area contributed by atoms with Crippen molar-refractivity contribution in [3.05, 3.63) is 0 Å². The molecule has 9 heteroatoms. The number of carbonyl (C=O) groups is 2. The second-order valence-corrected chi connectivity index (χ2v) is 1.57. The third-order valence-corrected chi connectivity index (χ3v) is 0.805. The van der Waals surface area contributed by atoms with E-state index in [2.05, 4.69) is 0 Å². The first kappa shape index (κ1) is 24.6. The van der Waals surface area contributed by atoms with E-state index in [0.717, 1.165) is 0 Å². The maximum Gasteiger partial charge on any atom is 1.00 e. The zero-order valence-corrected chi connectivity index (χ0v) is 14.9. The number of carboxylic acid groups (broad SMARTS) is 2. The molecule has 0 bridgehead atoms. The van der Waals surface area contributed by atoms with E-state index < -0.39 is 24.1 Å².